The van der Waals surface area contributed by atoms with Crippen molar-refractivity contribution in [2.24, 2.45) is 0 Å². The third-order valence-electron chi connectivity index (χ3n) is 2.67. The number of aliphatic hydroxyl groups excluding tert-OH is 1. The molecule has 0 aliphatic rings. The third-order valence-corrected chi connectivity index (χ3v) is 3.48. The monoisotopic (exact) mass is 273 g/mol. The number of hydrogen-bond donors (Lipinski definition) is 2. The number of aryl methyl sites for hydroxylation is 1. The molecule has 0 aromatic heterocycles. The Kier molecular flexibility index (Phi) is 5.13. The zero-order valence-corrected chi connectivity index (χ0v) is 11.4. The van der Waals surface area contributed by atoms with Gasteiger partial charge in [-0.15, -0.1) is 0 Å². The van der Waals surface area contributed by atoms with E-state index in [2.05, 4.69) is 0 Å². The Hall–Kier alpha value is -1.11. The fourth-order valence-corrected chi connectivity index (χ4v) is 2.46. The van der Waals surface area contributed by atoms with Crippen molar-refractivity contribution in [3.63, 3.8) is 0 Å². The zero-order valence-electron chi connectivity index (χ0n) is 10.6. The van der Waals surface area contributed by atoms with Gasteiger partial charge < -0.3 is 10.0 Å². The maximum absolute atomic E-state index is 10.7. The Labute approximate surface area is 108 Å². The number of likely N-dealkylation sites (N-methyl/N-ethyl adjacent to an activating group) is 1. The lowest BCUT2D eigenvalue weighted by atomic mass is 10.1. The maximum atomic E-state index is 10.7. The van der Waals surface area contributed by atoms with Crippen LogP contribution < -0.4 is 4.90 Å². The van der Waals surface area contributed by atoms with Crippen molar-refractivity contribution in [1.82, 2.24) is 0 Å². The van der Waals surface area contributed by atoms with E-state index in [-0.39, 0.29) is 6.54 Å². The molecule has 0 heterocycles. The summed E-state index contributed by atoms with van der Waals surface area (Å²) in [6.45, 7) is 4.69. The Morgan fingerprint density at radius 2 is 1.94 bits per heavy atom. The SMILES string of the molecule is CCN(CC(O)CS(=O)(=O)O)c1ccccc1C. The molecule has 0 saturated carbocycles. The molecule has 102 valence electrons. The van der Waals surface area contributed by atoms with Gasteiger partial charge in [-0.1, -0.05) is 18.2 Å². The molecule has 1 aromatic carbocycles. The molecule has 2 N–H and O–H groups in total. The van der Waals surface area contributed by atoms with Crippen LogP contribution in [-0.4, -0.2) is 43.0 Å². The van der Waals surface area contributed by atoms with Gasteiger partial charge in [-0.05, 0) is 25.5 Å². The van der Waals surface area contributed by atoms with Gasteiger partial charge in [0.2, 0.25) is 0 Å². The second-order valence-corrected chi connectivity index (χ2v) is 5.72. The normalized spacial score (nSPS) is 13.3. The first-order chi connectivity index (χ1) is 8.33. The van der Waals surface area contributed by atoms with E-state index in [0.717, 1.165) is 11.3 Å². The summed E-state index contributed by atoms with van der Waals surface area (Å²) in [5.41, 5.74) is 2.01. The molecular formula is C12H19NO4S. The van der Waals surface area contributed by atoms with Crippen molar-refractivity contribution < 1.29 is 18.1 Å². The first kappa shape index (κ1) is 14.9. The lowest BCUT2D eigenvalue weighted by molar-refractivity contribution is 0.200. The van der Waals surface area contributed by atoms with E-state index in [1.54, 1.807) is 0 Å². The van der Waals surface area contributed by atoms with E-state index in [4.69, 9.17) is 4.55 Å². The number of nitrogens with zero attached hydrogens (tertiary/aromatic N) is 1. The molecule has 0 amide bonds. The van der Waals surface area contributed by atoms with Crippen LogP contribution in [0.2, 0.25) is 0 Å². The standard InChI is InChI=1S/C12H19NO4S/c1-3-13(8-11(14)9-18(15,16)17)12-7-5-4-6-10(12)2/h4-7,11,14H,3,8-9H2,1-2H3,(H,15,16,17). The summed E-state index contributed by atoms with van der Waals surface area (Å²) >= 11 is 0. The minimum absolute atomic E-state index is 0.168. The molecule has 5 nitrogen and oxygen atoms in total. The van der Waals surface area contributed by atoms with Crippen molar-refractivity contribution in [2.75, 3.05) is 23.7 Å². The first-order valence-electron chi connectivity index (χ1n) is 5.77. The summed E-state index contributed by atoms with van der Waals surface area (Å²) in [4.78, 5) is 1.88. The van der Waals surface area contributed by atoms with E-state index < -0.39 is 22.0 Å². The molecule has 6 heteroatoms. The van der Waals surface area contributed by atoms with Crippen molar-refractivity contribution >= 4 is 15.8 Å². The van der Waals surface area contributed by atoms with Crippen molar-refractivity contribution in [2.45, 2.75) is 20.0 Å². The predicted octanol–water partition coefficient (Wildman–Crippen LogP) is 1.07. The smallest absolute Gasteiger partial charge is 0.267 e. The Morgan fingerprint density at radius 3 is 2.44 bits per heavy atom. The van der Waals surface area contributed by atoms with Gasteiger partial charge in [-0.2, -0.15) is 8.42 Å². The van der Waals surface area contributed by atoms with Crippen LogP contribution in [0.25, 0.3) is 0 Å². The molecule has 1 atom stereocenters. The number of anilines is 1. The van der Waals surface area contributed by atoms with E-state index >= 15 is 0 Å². The highest BCUT2D eigenvalue weighted by atomic mass is 32.2. The molecule has 0 aliphatic heterocycles. The fourth-order valence-electron chi connectivity index (χ4n) is 1.87. The van der Waals surface area contributed by atoms with Crippen LogP contribution in [-0.2, 0) is 10.1 Å². The summed E-state index contributed by atoms with van der Waals surface area (Å²) in [6.07, 6.45) is -1.11. The summed E-state index contributed by atoms with van der Waals surface area (Å²) in [5, 5.41) is 9.66. The first-order valence-corrected chi connectivity index (χ1v) is 7.38. The molecule has 1 rings (SSSR count). The largest absolute Gasteiger partial charge is 0.390 e. The summed E-state index contributed by atoms with van der Waals surface area (Å²) in [5.74, 6) is -0.643. The summed E-state index contributed by atoms with van der Waals surface area (Å²) in [7, 11) is -4.15. The van der Waals surface area contributed by atoms with Gasteiger partial charge >= 0.3 is 0 Å². The van der Waals surface area contributed by atoms with E-state index in [9.17, 15) is 13.5 Å². The summed E-state index contributed by atoms with van der Waals surface area (Å²) in [6, 6.07) is 7.67. The fraction of sp³-hybridized carbons (Fsp3) is 0.500. The molecule has 0 bridgehead atoms. The quantitative estimate of drug-likeness (QED) is 0.758. The Morgan fingerprint density at radius 1 is 1.33 bits per heavy atom. The van der Waals surface area contributed by atoms with Crippen molar-refractivity contribution in [1.29, 1.82) is 0 Å². The molecule has 0 fully saturated rings. The molecule has 0 saturated heterocycles. The predicted molar refractivity (Wildman–Crippen MR) is 71.5 cm³/mol. The lowest BCUT2D eigenvalue weighted by Gasteiger charge is -2.27. The molecule has 0 radical (unpaired) electrons. The second kappa shape index (κ2) is 6.17. The number of hydrogen-bond acceptors (Lipinski definition) is 4. The minimum atomic E-state index is -4.15. The average Bonchev–Trinajstić information content (AvgIpc) is 2.24. The summed E-state index contributed by atoms with van der Waals surface area (Å²) < 4.78 is 30.1. The minimum Gasteiger partial charge on any atom is -0.390 e. The molecule has 1 aromatic rings. The van der Waals surface area contributed by atoms with Gasteiger partial charge in [0.25, 0.3) is 10.1 Å². The van der Waals surface area contributed by atoms with Gasteiger partial charge in [-0.25, -0.2) is 0 Å². The zero-order chi connectivity index (χ0) is 13.8. The van der Waals surface area contributed by atoms with E-state index in [0.29, 0.717) is 6.54 Å². The van der Waals surface area contributed by atoms with Crippen LogP contribution in [0.4, 0.5) is 5.69 Å². The average molecular weight is 273 g/mol. The second-order valence-electron chi connectivity index (χ2n) is 4.23. The Balaban J connectivity index is 2.77. The van der Waals surface area contributed by atoms with Gasteiger partial charge in [0.15, 0.2) is 0 Å². The molecule has 0 aliphatic carbocycles. The highest BCUT2D eigenvalue weighted by Crippen LogP contribution is 2.19. The van der Waals surface area contributed by atoms with Gasteiger partial charge in [0.05, 0.1) is 6.10 Å². The molecular weight excluding hydrogens is 254 g/mol. The number of benzene rings is 1. The Bertz CT molecular complexity index is 487. The highest BCUT2D eigenvalue weighted by molar-refractivity contribution is 7.85. The van der Waals surface area contributed by atoms with Crippen molar-refractivity contribution in [3.05, 3.63) is 29.8 Å². The lowest BCUT2D eigenvalue weighted by Crippen LogP contribution is -2.36. The molecule has 1 unspecified atom stereocenters. The van der Waals surface area contributed by atoms with Crippen molar-refractivity contribution in [3.8, 4) is 0 Å². The third kappa shape index (κ3) is 4.64. The van der Waals surface area contributed by atoms with Crippen LogP contribution in [0, 0.1) is 6.92 Å². The van der Waals surface area contributed by atoms with Crippen LogP contribution in [0.1, 0.15) is 12.5 Å². The number of aliphatic hydroxyl groups is 1. The van der Waals surface area contributed by atoms with Crippen LogP contribution in [0.3, 0.4) is 0 Å². The van der Waals surface area contributed by atoms with Gasteiger partial charge in [0.1, 0.15) is 5.75 Å². The molecule has 0 spiro atoms. The number of para-hydroxylation sites is 1. The van der Waals surface area contributed by atoms with Crippen LogP contribution in [0.5, 0.6) is 0 Å². The maximum Gasteiger partial charge on any atom is 0.267 e. The van der Waals surface area contributed by atoms with Gasteiger partial charge in [0, 0.05) is 18.8 Å². The van der Waals surface area contributed by atoms with E-state index in [1.807, 2.05) is 43.0 Å². The van der Waals surface area contributed by atoms with Crippen LogP contribution >= 0.6 is 0 Å². The number of rotatable bonds is 6. The highest BCUT2D eigenvalue weighted by Gasteiger charge is 2.18. The topological polar surface area (TPSA) is 77.8 Å². The van der Waals surface area contributed by atoms with Gasteiger partial charge in [-0.3, -0.25) is 4.55 Å². The molecule has 18 heavy (non-hydrogen) atoms. The van der Waals surface area contributed by atoms with E-state index in [1.165, 1.54) is 0 Å². The van der Waals surface area contributed by atoms with Crippen LogP contribution in [0.15, 0.2) is 24.3 Å².